The molecule has 1 atom stereocenters. The van der Waals surface area contributed by atoms with E-state index in [0.29, 0.717) is 41.2 Å². The number of unbranched alkanes of at least 4 members (excludes halogenated alkanes) is 1. The molecule has 0 saturated heterocycles. The number of anilines is 1. The van der Waals surface area contributed by atoms with Gasteiger partial charge in [-0.15, -0.1) is 10.2 Å². The van der Waals surface area contributed by atoms with E-state index in [1.807, 2.05) is 62.4 Å². The normalized spacial score (nSPS) is 14.6. The van der Waals surface area contributed by atoms with Crippen LogP contribution in [0.5, 0.6) is 11.6 Å². The maximum Gasteiger partial charge on any atom is 0.247 e. The van der Waals surface area contributed by atoms with Crippen LogP contribution in [0.2, 0.25) is 0 Å². The van der Waals surface area contributed by atoms with Gasteiger partial charge in [-0.05, 0) is 31.5 Å². The molecule has 172 valence electrons. The second-order valence-electron chi connectivity index (χ2n) is 7.53. The second kappa shape index (κ2) is 10.7. The van der Waals surface area contributed by atoms with Gasteiger partial charge in [-0.2, -0.15) is 4.98 Å². The summed E-state index contributed by atoms with van der Waals surface area (Å²) in [5.41, 5.74) is 2.75. The molecule has 0 bridgehead atoms. The van der Waals surface area contributed by atoms with Crippen molar-refractivity contribution < 1.29 is 14.3 Å². The van der Waals surface area contributed by atoms with Crippen molar-refractivity contribution in [3.63, 3.8) is 0 Å². The van der Waals surface area contributed by atoms with Gasteiger partial charge >= 0.3 is 0 Å². The van der Waals surface area contributed by atoms with Crippen molar-refractivity contribution in [2.24, 2.45) is 0 Å². The molecular weight excluding hydrogens is 436 g/mol. The lowest BCUT2D eigenvalue weighted by atomic mass is 10.1. The fourth-order valence-electron chi connectivity index (χ4n) is 3.70. The van der Waals surface area contributed by atoms with Crippen molar-refractivity contribution in [3.8, 4) is 22.9 Å². The van der Waals surface area contributed by atoms with Crippen LogP contribution in [0.4, 0.5) is 5.69 Å². The molecule has 2 heterocycles. The Morgan fingerprint density at radius 3 is 2.67 bits per heavy atom. The van der Waals surface area contributed by atoms with Crippen LogP contribution >= 0.6 is 11.8 Å². The molecule has 7 nitrogen and oxygen atoms in total. The Bertz CT molecular complexity index is 1120. The summed E-state index contributed by atoms with van der Waals surface area (Å²) in [6.07, 6.45) is 1.73. The maximum atomic E-state index is 13.3. The summed E-state index contributed by atoms with van der Waals surface area (Å²) in [6, 6.07) is 15.3. The van der Waals surface area contributed by atoms with Crippen molar-refractivity contribution in [2.45, 2.75) is 51.4 Å². The van der Waals surface area contributed by atoms with Gasteiger partial charge in [0.2, 0.25) is 23.2 Å². The Labute approximate surface area is 198 Å². The lowest BCUT2D eigenvalue weighted by Gasteiger charge is -2.31. The molecule has 4 rings (SSSR count). The summed E-state index contributed by atoms with van der Waals surface area (Å²) in [5, 5.41) is 9.37. The number of thioether (sulfide) groups is 1. The SMILES string of the molecule is CCCCSc1nnc2c(n1)O[C@H](c1ccccc1OCC)N(C(=O)CC)c1ccccc1-2. The lowest BCUT2D eigenvalue weighted by Crippen LogP contribution is -2.37. The van der Waals surface area contributed by atoms with E-state index in [4.69, 9.17) is 14.5 Å². The highest BCUT2D eigenvalue weighted by molar-refractivity contribution is 7.99. The van der Waals surface area contributed by atoms with E-state index in [1.165, 1.54) is 0 Å². The molecule has 0 unspecified atom stereocenters. The number of hydrogen-bond donors (Lipinski definition) is 0. The van der Waals surface area contributed by atoms with Gasteiger partial charge < -0.3 is 9.47 Å². The van der Waals surface area contributed by atoms with Crippen LogP contribution < -0.4 is 14.4 Å². The Morgan fingerprint density at radius 2 is 1.88 bits per heavy atom. The number of ether oxygens (including phenoxy) is 2. The Morgan fingerprint density at radius 1 is 1.09 bits per heavy atom. The van der Waals surface area contributed by atoms with Gasteiger partial charge in [0, 0.05) is 17.7 Å². The van der Waals surface area contributed by atoms with Crippen LogP contribution in [0.3, 0.4) is 0 Å². The first-order valence-corrected chi connectivity index (χ1v) is 12.3. The van der Waals surface area contributed by atoms with Crippen LogP contribution in [0, 0.1) is 0 Å². The number of aromatic nitrogens is 3. The molecule has 33 heavy (non-hydrogen) atoms. The molecule has 0 spiro atoms. The van der Waals surface area contributed by atoms with E-state index in [-0.39, 0.29) is 5.91 Å². The summed E-state index contributed by atoms with van der Waals surface area (Å²) in [7, 11) is 0. The largest absolute Gasteiger partial charge is 0.493 e. The number of carbonyl (C=O) groups excluding carboxylic acids is 1. The number of rotatable bonds is 8. The summed E-state index contributed by atoms with van der Waals surface area (Å²) >= 11 is 1.56. The quantitative estimate of drug-likeness (QED) is 0.314. The van der Waals surface area contributed by atoms with Gasteiger partial charge in [0.1, 0.15) is 5.75 Å². The number of nitrogens with zero attached hydrogens (tertiary/aromatic N) is 4. The zero-order valence-corrected chi connectivity index (χ0v) is 20.0. The smallest absolute Gasteiger partial charge is 0.247 e. The van der Waals surface area contributed by atoms with E-state index in [1.54, 1.807) is 16.7 Å². The van der Waals surface area contributed by atoms with E-state index >= 15 is 0 Å². The Kier molecular flexibility index (Phi) is 7.44. The number of para-hydroxylation sites is 2. The number of fused-ring (bicyclic) bond motifs is 3. The monoisotopic (exact) mass is 464 g/mol. The van der Waals surface area contributed by atoms with Gasteiger partial charge in [0.05, 0.1) is 17.9 Å². The second-order valence-corrected chi connectivity index (χ2v) is 8.59. The molecule has 1 aliphatic heterocycles. The van der Waals surface area contributed by atoms with Crippen LogP contribution in [0.25, 0.3) is 11.3 Å². The minimum atomic E-state index is -0.757. The van der Waals surface area contributed by atoms with Crippen LogP contribution in [-0.2, 0) is 4.79 Å². The number of hydrogen-bond acceptors (Lipinski definition) is 7. The average Bonchev–Trinajstić information content (AvgIpc) is 2.98. The van der Waals surface area contributed by atoms with Gasteiger partial charge in [-0.3, -0.25) is 9.69 Å². The third-order valence-electron chi connectivity index (χ3n) is 5.30. The van der Waals surface area contributed by atoms with Gasteiger partial charge in [-0.1, -0.05) is 62.4 Å². The topological polar surface area (TPSA) is 77.4 Å². The first kappa shape index (κ1) is 23.0. The molecule has 1 aromatic heterocycles. The van der Waals surface area contributed by atoms with Crippen LogP contribution in [0.15, 0.2) is 53.7 Å². The third kappa shape index (κ3) is 4.80. The van der Waals surface area contributed by atoms with Crippen molar-refractivity contribution in [2.75, 3.05) is 17.3 Å². The molecule has 0 saturated carbocycles. The summed E-state index contributed by atoms with van der Waals surface area (Å²) < 4.78 is 12.4. The zero-order chi connectivity index (χ0) is 23.2. The Hall–Kier alpha value is -3.13. The third-order valence-corrected chi connectivity index (χ3v) is 6.22. The molecule has 1 aliphatic rings. The van der Waals surface area contributed by atoms with Crippen molar-refractivity contribution in [3.05, 3.63) is 54.1 Å². The first-order valence-electron chi connectivity index (χ1n) is 11.3. The van der Waals surface area contributed by atoms with Gasteiger partial charge in [0.15, 0.2) is 5.69 Å². The van der Waals surface area contributed by atoms with Crippen molar-refractivity contribution >= 4 is 23.4 Å². The van der Waals surface area contributed by atoms with Crippen molar-refractivity contribution in [1.82, 2.24) is 15.2 Å². The highest BCUT2D eigenvalue weighted by Gasteiger charge is 2.36. The molecule has 1 amide bonds. The van der Waals surface area contributed by atoms with E-state index in [0.717, 1.165) is 29.7 Å². The number of amides is 1. The van der Waals surface area contributed by atoms with Crippen molar-refractivity contribution in [1.29, 1.82) is 0 Å². The fourth-order valence-corrected chi connectivity index (χ4v) is 4.56. The molecule has 0 N–H and O–H groups in total. The van der Waals surface area contributed by atoms with Crippen LogP contribution in [0.1, 0.15) is 51.8 Å². The van der Waals surface area contributed by atoms with E-state index < -0.39 is 6.23 Å². The predicted molar refractivity (Wildman–Crippen MR) is 130 cm³/mol. The molecular formula is C25H28N4O3S. The maximum absolute atomic E-state index is 13.3. The standard InChI is InChI=1S/C25H28N4O3S/c1-4-7-16-33-25-26-23-22(27-28-25)17-12-8-10-14-19(17)29(21(30)5-2)24(32-23)18-13-9-11-15-20(18)31-6-3/h8-15,24H,4-7,16H2,1-3H3/t24-/m1/s1. The molecule has 3 aromatic rings. The highest BCUT2D eigenvalue weighted by atomic mass is 32.2. The molecule has 0 fully saturated rings. The fraction of sp³-hybridized carbons (Fsp3) is 0.360. The van der Waals surface area contributed by atoms with E-state index in [9.17, 15) is 4.79 Å². The van der Waals surface area contributed by atoms with Crippen LogP contribution in [-0.4, -0.2) is 33.4 Å². The van der Waals surface area contributed by atoms with Gasteiger partial charge in [0.25, 0.3) is 0 Å². The molecule has 8 heteroatoms. The number of carbonyl (C=O) groups is 1. The average molecular weight is 465 g/mol. The molecule has 0 aliphatic carbocycles. The van der Waals surface area contributed by atoms with Gasteiger partial charge in [-0.25, -0.2) is 0 Å². The summed E-state index contributed by atoms with van der Waals surface area (Å²) in [5.74, 6) is 1.86. The molecule has 2 aromatic carbocycles. The number of benzene rings is 2. The summed E-state index contributed by atoms with van der Waals surface area (Å²) in [6.45, 7) is 6.42. The summed E-state index contributed by atoms with van der Waals surface area (Å²) in [4.78, 5) is 19.7. The lowest BCUT2D eigenvalue weighted by molar-refractivity contribution is -0.120. The molecule has 0 radical (unpaired) electrons. The highest BCUT2D eigenvalue weighted by Crippen LogP contribution is 2.45. The Balaban J connectivity index is 1.88. The minimum Gasteiger partial charge on any atom is -0.493 e. The zero-order valence-electron chi connectivity index (χ0n) is 19.2. The first-order chi connectivity index (χ1) is 16.2. The minimum absolute atomic E-state index is 0.0722. The predicted octanol–water partition coefficient (Wildman–Crippen LogP) is 5.66. The van der Waals surface area contributed by atoms with E-state index in [2.05, 4.69) is 17.1 Å².